The Labute approximate surface area is 127 Å². The van der Waals surface area contributed by atoms with Gasteiger partial charge in [-0.1, -0.05) is 16.8 Å². The van der Waals surface area contributed by atoms with Crippen LogP contribution in [0.3, 0.4) is 0 Å². The van der Waals surface area contributed by atoms with Crippen molar-refractivity contribution >= 4 is 23.2 Å². The van der Waals surface area contributed by atoms with Gasteiger partial charge in [0.25, 0.3) is 0 Å². The lowest BCUT2D eigenvalue weighted by Gasteiger charge is -2.12. The predicted octanol–water partition coefficient (Wildman–Crippen LogP) is 1.35. The highest BCUT2D eigenvalue weighted by Gasteiger charge is 2.12. The van der Waals surface area contributed by atoms with Gasteiger partial charge in [-0.15, -0.1) is 5.10 Å². The second-order valence-corrected chi connectivity index (χ2v) is 4.84. The molecule has 1 amide bonds. The van der Waals surface area contributed by atoms with Crippen LogP contribution in [-0.4, -0.2) is 28.0 Å². The average Bonchev–Trinajstić information content (AvgIpc) is 2.89. The number of methoxy groups -OCH3 is 1. The van der Waals surface area contributed by atoms with Crippen molar-refractivity contribution in [2.45, 2.75) is 20.0 Å². The number of hydrogen-bond acceptors (Lipinski definition) is 5. The molecule has 1 heterocycles. The summed E-state index contributed by atoms with van der Waals surface area (Å²) < 4.78 is 6.66. The van der Waals surface area contributed by atoms with Crippen LogP contribution in [0.25, 0.3) is 0 Å². The van der Waals surface area contributed by atoms with Gasteiger partial charge in [0.2, 0.25) is 5.91 Å². The van der Waals surface area contributed by atoms with Crippen LogP contribution in [0, 0.1) is 6.92 Å². The largest absolute Gasteiger partial charge is 0.495 e. The summed E-state index contributed by atoms with van der Waals surface area (Å²) in [6.07, 6.45) is 1.53. The summed E-state index contributed by atoms with van der Waals surface area (Å²) in [4.78, 5) is 12.1. The molecule has 112 valence electrons. The zero-order chi connectivity index (χ0) is 15.4. The van der Waals surface area contributed by atoms with E-state index >= 15 is 0 Å². The van der Waals surface area contributed by atoms with E-state index in [0.29, 0.717) is 22.2 Å². The molecule has 8 heteroatoms. The number of amides is 1. The highest BCUT2D eigenvalue weighted by molar-refractivity contribution is 6.31. The number of rotatable bonds is 5. The van der Waals surface area contributed by atoms with Gasteiger partial charge in [0, 0.05) is 17.6 Å². The van der Waals surface area contributed by atoms with Crippen LogP contribution in [0.5, 0.6) is 5.75 Å². The highest BCUT2D eigenvalue weighted by Crippen LogP contribution is 2.30. The van der Waals surface area contributed by atoms with Gasteiger partial charge in [0.1, 0.15) is 12.3 Å². The number of ether oxygens (including phenoxy) is 1. The smallest absolute Gasteiger partial charge is 0.246 e. The van der Waals surface area contributed by atoms with E-state index in [2.05, 4.69) is 15.6 Å². The van der Waals surface area contributed by atoms with Crippen LogP contribution in [-0.2, 0) is 17.9 Å². The summed E-state index contributed by atoms with van der Waals surface area (Å²) in [5.74, 6) is 0.242. The van der Waals surface area contributed by atoms with E-state index in [0.717, 1.165) is 5.56 Å². The first kappa shape index (κ1) is 15.3. The summed E-state index contributed by atoms with van der Waals surface area (Å²) in [6, 6.07) is 3.41. The van der Waals surface area contributed by atoms with Crippen LogP contribution < -0.4 is 15.8 Å². The van der Waals surface area contributed by atoms with E-state index in [1.165, 1.54) is 18.0 Å². The molecule has 7 nitrogen and oxygen atoms in total. The normalized spacial score (nSPS) is 10.5. The summed E-state index contributed by atoms with van der Waals surface area (Å²) in [6.45, 7) is 2.14. The average molecular weight is 310 g/mol. The summed E-state index contributed by atoms with van der Waals surface area (Å²) >= 11 is 6.03. The molecule has 0 spiro atoms. The molecule has 0 unspecified atom stereocenters. The SMILES string of the molecule is COc1cc(Cl)c(C)cc1NC(=O)Cn1nncc1CN. The van der Waals surface area contributed by atoms with Crippen molar-refractivity contribution in [3.8, 4) is 5.75 Å². The number of halogens is 1. The number of benzene rings is 1. The van der Waals surface area contributed by atoms with Gasteiger partial charge in [0.05, 0.1) is 24.7 Å². The number of nitrogens with zero attached hydrogens (tertiary/aromatic N) is 3. The third-order valence-electron chi connectivity index (χ3n) is 2.96. The topological polar surface area (TPSA) is 95.1 Å². The Balaban J connectivity index is 2.14. The highest BCUT2D eigenvalue weighted by atomic mass is 35.5. The zero-order valence-corrected chi connectivity index (χ0v) is 12.5. The van der Waals surface area contributed by atoms with Crippen LogP contribution in [0.2, 0.25) is 5.02 Å². The quantitative estimate of drug-likeness (QED) is 0.869. The third-order valence-corrected chi connectivity index (χ3v) is 3.36. The zero-order valence-electron chi connectivity index (χ0n) is 11.8. The second-order valence-electron chi connectivity index (χ2n) is 4.44. The Kier molecular flexibility index (Phi) is 4.77. The van der Waals surface area contributed by atoms with Crippen molar-refractivity contribution in [2.75, 3.05) is 12.4 Å². The Hall–Kier alpha value is -2.12. The molecule has 1 aromatic heterocycles. The summed E-state index contributed by atoms with van der Waals surface area (Å²) in [5, 5.41) is 10.9. The summed E-state index contributed by atoms with van der Waals surface area (Å²) in [7, 11) is 1.51. The molecule has 21 heavy (non-hydrogen) atoms. The Bertz CT molecular complexity index is 656. The van der Waals surface area contributed by atoms with E-state index in [-0.39, 0.29) is 19.0 Å². The molecule has 2 aromatic rings. The fourth-order valence-corrected chi connectivity index (χ4v) is 1.98. The Morgan fingerprint density at radius 3 is 2.95 bits per heavy atom. The molecule has 3 N–H and O–H groups in total. The number of nitrogens with one attached hydrogen (secondary N) is 1. The van der Waals surface area contributed by atoms with E-state index in [9.17, 15) is 4.79 Å². The number of aromatic nitrogens is 3. The maximum atomic E-state index is 12.1. The molecule has 0 saturated heterocycles. The molecular weight excluding hydrogens is 294 g/mol. The van der Waals surface area contributed by atoms with Gasteiger partial charge in [-0.05, 0) is 18.6 Å². The molecule has 0 radical (unpaired) electrons. The molecule has 0 fully saturated rings. The summed E-state index contributed by atoms with van der Waals surface area (Å²) in [5.41, 5.74) is 7.62. The minimum Gasteiger partial charge on any atom is -0.495 e. The minimum absolute atomic E-state index is 0.0252. The van der Waals surface area contributed by atoms with Crippen LogP contribution in [0.15, 0.2) is 18.3 Å². The van der Waals surface area contributed by atoms with Gasteiger partial charge >= 0.3 is 0 Å². The fraction of sp³-hybridized carbons (Fsp3) is 0.308. The third kappa shape index (κ3) is 3.50. The first-order valence-electron chi connectivity index (χ1n) is 6.26. The van der Waals surface area contributed by atoms with Crippen molar-refractivity contribution < 1.29 is 9.53 Å². The van der Waals surface area contributed by atoms with Crippen LogP contribution in [0.1, 0.15) is 11.3 Å². The number of anilines is 1. The van der Waals surface area contributed by atoms with Gasteiger partial charge in [0.15, 0.2) is 0 Å². The monoisotopic (exact) mass is 309 g/mol. The van der Waals surface area contributed by atoms with Crippen molar-refractivity contribution in [3.05, 3.63) is 34.6 Å². The molecule has 1 aromatic carbocycles. The Morgan fingerprint density at radius 1 is 1.52 bits per heavy atom. The van der Waals surface area contributed by atoms with Crippen molar-refractivity contribution in [1.82, 2.24) is 15.0 Å². The number of hydrogen-bond donors (Lipinski definition) is 2. The van der Waals surface area contributed by atoms with Gasteiger partial charge in [-0.25, -0.2) is 4.68 Å². The van der Waals surface area contributed by atoms with E-state index in [1.807, 2.05) is 6.92 Å². The fourth-order valence-electron chi connectivity index (χ4n) is 1.83. The maximum Gasteiger partial charge on any atom is 0.246 e. The van der Waals surface area contributed by atoms with Gasteiger partial charge in [-0.2, -0.15) is 0 Å². The molecule has 0 aliphatic heterocycles. The van der Waals surface area contributed by atoms with Gasteiger partial charge in [-0.3, -0.25) is 4.79 Å². The van der Waals surface area contributed by atoms with Crippen molar-refractivity contribution in [3.63, 3.8) is 0 Å². The number of nitrogens with two attached hydrogens (primary N) is 1. The molecule has 0 bridgehead atoms. The molecule has 2 rings (SSSR count). The van der Waals surface area contributed by atoms with E-state index in [4.69, 9.17) is 22.1 Å². The minimum atomic E-state index is -0.254. The predicted molar refractivity (Wildman–Crippen MR) is 79.3 cm³/mol. The van der Waals surface area contributed by atoms with Crippen molar-refractivity contribution in [2.24, 2.45) is 5.73 Å². The lowest BCUT2D eigenvalue weighted by atomic mass is 10.2. The van der Waals surface area contributed by atoms with Crippen LogP contribution in [0.4, 0.5) is 5.69 Å². The standard InChI is InChI=1S/C13H16ClN5O2/c1-8-3-11(12(21-2)4-10(8)14)17-13(20)7-19-9(5-15)6-16-18-19/h3-4,6H,5,7,15H2,1-2H3,(H,17,20). The molecule has 0 atom stereocenters. The van der Waals surface area contributed by atoms with Crippen LogP contribution >= 0.6 is 11.6 Å². The molecule has 0 aliphatic rings. The molecule has 0 aliphatic carbocycles. The van der Waals surface area contributed by atoms with E-state index in [1.54, 1.807) is 12.1 Å². The maximum absolute atomic E-state index is 12.1. The number of carbonyl (C=O) groups excluding carboxylic acids is 1. The van der Waals surface area contributed by atoms with E-state index < -0.39 is 0 Å². The van der Waals surface area contributed by atoms with Crippen molar-refractivity contribution in [1.29, 1.82) is 0 Å². The first-order chi connectivity index (χ1) is 10.0. The number of carbonyl (C=O) groups is 1. The van der Waals surface area contributed by atoms with Gasteiger partial charge < -0.3 is 15.8 Å². The number of aryl methyl sites for hydroxylation is 1. The lowest BCUT2D eigenvalue weighted by Crippen LogP contribution is -2.22. The molecular formula is C13H16ClN5O2. The lowest BCUT2D eigenvalue weighted by molar-refractivity contribution is -0.117. The molecule has 0 saturated carbocycles. The second kappa shape index (κ2) is 6.55. The Morgan fingerprint density at radius 2 is 2.29 bits per heavy atom. The first-order valence-corrected chi connectivity index (χ1v) is 6.64.